The predicted octanol–water partition coefficient (Wildman–Crippen LogP) is 4.51. The minimum Gasteiger partial charge on any atom is -0.399 e. The maximum Gasteiger partial charge on any atom is 0.416 e. The van der Waals surface area contributed by atoms with Gasteiger partial charge in [0, 0.05) is 17.8 Å². The van der Waals surface area contributed by atoms with Crippen LogP contribution in [0.3, 0.4) is 0 Å². The molecule has 1 spiro atoms. The Hall–Kier alpha value is -3.73. The number of carbonyl (C=O) groups is 1. The molecule has 1 amide bonds. The Morgan fingerprint density at radius 3 is 2.59 bits per heavy atom. The van der Waals surface area contributed by atoms with E-state index in [1.165, 1.54) is 23.4 Å². The largest absolute Gasteiger partial charge is 0.416 e. The number of carbonyl (C=O) groups excluding carboxylic acids is 1. The molecule has 0 radical (unpaired) electrons. The molecule has 2 aromatic carbocycles. The van der Waals surface area contributed by atoms with E-state index in [4.69, 9.17) is 5.73 Å². The smallest absolute Gasteiger partial charge is 0.399 e. The first-order chi connectivity index (χ1) is 17.5. The lowest BCUT2D eigenvalue weighted by Gasteiger charge is -2.40. The first-order valence-electron chi connectivity index (χ1n) is 11.8. The lowest BCUT2D eigenvalue weighted by atomic mass is 9.76. The van der Waals surface area contributed by atoms with Gasteiger partial charge >= 0.3 is 6.18 Å². The summed E-state index contributed by atoms with van der Waals surface area (Å²) >= 11 is 0. The van der Waals surface area contributed by atoms with Crippen LogP contribution in [0.1, 0.15) is 41.8 Å². The van der Waals surface area contributed by atoms with E-state index in [9.17, 15) is 22.4 Å². The predicted molar refractivity (Wildman–Crippen MR) is 131 cm³/mol. The number of amides is 1. The van der Waals surface area contributed by atoms with Crippen LogP contribution in [0.25, 0.3) is 0 Å². The molecule has 0 saturated carbocycles. The summed E-state index contributed by atoms with van der Waals surface area (Å²) in [6.45, 7) is 2.77. The summed E-state index contributed by atoms with van der Waals surface area (Å²) in [6, 6.07) is 8.87. The minimum absolute atomic E-state index is 0.00698. The number of alkyl halides is 3. The lowest BCUT2D eigenvalue weighted by Crippen LogP contribution is -2.53. The first-order valence-corrected chi connectivity index (χ1v) is 11.8. The van der Waals surface area contributed by atoms with Gasteiger partial charge < -0.3 is 20.9 Å². The highest BCUT2D eigenvalue weighted by Gasteiger charge is 2.53. The third kappa shape index (κ3) is 4.37. The molecule has 1 fully saturated rings. The van der Waals surface area contributed by atoms with E-state index >= 15 is 0 Å². The van der Waals surface area contributed by atoms with Crippen molar-refractivity contribution >= 4 is 23.1 Å². The Labute approximate surface area is 211 Å². The van der Waals surface area contributed by atoms with E-state index in [1.54, 1.807) is 25.1 Å². The standard InChI is InChI=1S/C26H26F4N6O/c1-15(16-9-17(26(28,29)30)11-18(31)10-16)34-23-19-12-36(21-6-4-3-5-20(21)27)24(37)25(7-8-35(2)13-25)22(19)32-14-33-23/h3-6,9-11,14-15H,7-8,12-13,31H2,1-2H3,(H,32,33,34)/t15-,25?/m1/s1. The molecule has 2 aliphatic rings. The van der Waals surface area contributed by atoms with Gasteiger partial charge in [0.15, 0.2) is 0 Å². The van der Waals surface area contributed by atoms with Gasteiger partial charge in [0.25, 0.3) is 0 Å². The molecule has 2 aliphatic heterocycles. The van der Waals surface area contributed by atoms with Crippen LogP contribution in [0.2, 0.25) is 0 Å². The monoisotopic (exact) mass is 514 g/mol. The number of nitrogen functional groups attached to an aromatic ring is 1. The molecule has 7 nitrogen and oxygen atoms in total. The molecule has 3 aromatic rings. The molecule has 3 heterocycles. The molecular weight excluding hydrogens is 488 g/mol. The van der Waals surface area contributed by atoms with Crippen molar-refractivity contribution in [3.63, 3.8) is 0 Å². The number of aromatic nitrogens is 2. The zero-order valence-corrected chi connectivity index (χ0v) is 20.3. The fraction of sp³-hybridized carbons (Fsp3) is 0.346. The number of likely N-dealkylation sites (tertiary alicyclic amines) is 1. The van der Waals surface area contributed by atoms with E-state index in [0.717, 1.165) is 12.1 Å². The lowest BCUT2D eigenvalue weighted by molar-refractivity contribution is -0.137. The second-order valence-corrected chi connectivity index (χ2v) is 9.71. The van der Waals surface area contributed by atoms with Crippen LogP contribution in [-0.4, -0.2) is 40.9 Å². The Morgan fingerprint density at radius 2 is 1.92 bits per heavy atom. The number of anilines is 3. The number of nitrogens with one attached hydrogen (secondary N) is 1. The molecule has 1 aromatic heterocycles. The average molecular weight is 515 g/mol. The fourth-order valence-corrected chi connectivity index (χ4v) is 5.30. The number of hydrogen-bond donors (Lipinski definition) is 2. The van der Waals surface area contributed by atoms with Gasteiger partial charge in [-0.1, -0.05) is 12.1 Å². The summed E-state index contributed by atoms with van der Waals surface area (Å²) in [5.74, 6) is -0.394. The SMILES string of the molecule is C[C@@H](Nc1ncnc2c1CN(c1ccccc1F)C(=O)C21CCN(C)C1)c1cc(N)cc(C(F)(F)F)c1. The number of nitrogens with zero attached hydrogens (tertiary/aromatic N) is 4. The van der Waals surface area contributed by atoms with E-state index in [1.807, 2.05) is 11.9 Å². The molecule has 5 rings (SSSR count). The summed E-state index contributed by atoms with van der Waals surface area (Å²) in [5, 5.41) is 3.19. The molecule has 11 heteroatoms. The zero-order valence-electron chi connectivity index (χ0n) is 20.3. The van der Waals surface area contributed by atoms with Gasteiger partial charge in [-0.05, 0) is 62.8 Å². The van der Waals surface area contributed by atoms with Crippen molar-refractivity contribution in [2.75, 3.05) is 36.1 Å². The van der Waals surface area contributed by atoms with E-state index in [2.05, 4.69) is 15.3 Å². The number of rotatable bonds is 4. The number of para-hydroxylation sites is 1. The van der Waals surface area contributed by atoms with Crippen LogP contribution in [0.15, 0.2) is 48.8 Å². The summed E-state index contributed by atoms with van der Waals surface area (Å²) in [6.07, 6.45) is -2.70. The van der Waals surface area contributed by atoms with Crippen LogP contribution in [0.5, 0.6) is 0 Å². The molecule has 1 unspecified atom stereocenters. The molecular formula is C26H26F4N6O. The van der Waals surface area contributed by atoms with Gasteiger partial charge in [-0.25, -0.2) is 14.4 Å². The van der Waals surface area contributed by atoms with Crippen molar-refractivity contribution in [1.82, 2.24) is 14.9 Å². The van der Waals surface area contributed by atoms with Gasteiger partial charge in [-0.2, -0.15) is 13.2 Å². The van der Waals surface area contributed by atoms with E-state index in [0.29, 0.717) is 42.1 Å². The summed E-state index contributed by atoms with van der Waals surface area (Å²) < 4.78 is 54.9. The average Bonchev–Trinajstić information content (AvgIpc) is 3.24. The summed E-state index contributed by atoms with van der Waals surface area (Å²) in [5.41, 5.74) is 5.56. The van der Waals surface area contributed by atoms with Gasteiger partial charge in [0.05, 0.1) is 29.5 Å². The second-order valence-electron chi connectivity index (χ2n) is 9.71. The number of benzene rings is 2. The van der Waals surface area contributed by atoms with Crippen molar-refractivity contribution in [1.29, 1.82) is 0 Å². The summed E-state index contributed by atoms with van der Waals surface area (Å²) in [4.78, 5) is 26.2. The van der Waals surface area contributed by atoms with Crippen LogP contribution in [-0.2, 0) is 22.9 Å². The van der Waals surface area contributed by atoms with E-state index in [-0.39, 0.29) is 23.8 Å². The number of likely N-dealkylation sites (N-methyl/N-ethyl adjacent to an activating group) is 1. The van der Waals surface area contributed by atoms with Crippen LogP contribution >= 0.6 is 0 Å². The molecule has 194 valence electrons. The molecule has 0 aliphatic carbocycles. The van der Waals surface area contributed by atoms with Gasteiger partial charge in [0.2, 0.25) is 5.91 Å². The summed E-state index contributed by atoms with van der Waals surface area (Å²) in [7, 11) is 1.91. The molecule has 2 atom stereocenters. The molecule has 3 N–H and O–H groups in total. The zero-order chi connectivity index (χ0) is 26.5. The number of nitrogens with two attached hydrogens (primary N) is 1. The Kier molecular flexibility index (Phi) is 6.06. The van der Waals surface area contributed by atoms with Crippen LogP contribution < -0.4 is 16.0 Å². The van der Waals surface area contributed by atoms with Crippen molar-refractivity contribution in [2.24, 2.45) is 0 Å². The first kappa shape index (κ1) is 24.9. The van der Waals surface area contributed by atoms with Crippen LogP contribution in [0, 0.1) is 5.82 Å². The maximum absolute atomic E-state index is 14.8. The molecule has 37 heavy (non-hydrogen) atoms. The van der Waals surface area contributed by atoms with Crippen LogP contribution in [0.4, 0.5) is 34.8 Å². The maximum atomic E-state index is 14.8. The molecule has 1 saturated heterocycles. The second kappa shape index (κ2) is 8.98. The van der Waals surface area contributed by atoms with Gasteiger partial charge in [0.1, 0.15) is 23.4 Å². The fourth-order valence-electron chi connectivity index (χ4n) is 5.30. The minimum atomic E-state index is -4.54. The van der Waals surface area contributed by atoms with Crippen molar-refractivity contribution in [2.45, 2.75) is 37.5 Å². The van der Waals surface area contributed by atoms with Crippen molar-refractivity contribution in [3.05, 3.63) is 77.0 Å². The Bertz CT molecular complexity index is 1360. The normalized spacial score (nSPS) is 20.8. The highest BCUT2D eigenvalue weighted by Crippen LogP contribution is 2.44. The third-order valence-corrected chi connectivity index (χ3v) is 7.13. The topological polar surface area (TPSA) is 87.4 Å². The quantitative estimate of drug-likeness (QED) is 0.394. The highest BCUT2D eigenvalue weighted by molar-refractivity contribution is 6.03. The van der Waals surface area contributed by atoms with Crippen molar-refractivity contribution < 1.29 is 22.4 Å². The van der Waals surface area contributed by atoms with Crippen molar-refractivity contribution in [3.8, 4) is 0 Å². The van der Waals surface area contributed by atoms with Gasteiger partial charge in [-0.3, -0.25) is 4.79 Å². The number of halogens is 4. The number of fused-ring (bicyclic) bond motifs is 2. The molecule has 0 bridgehead atoms. The van der Waals surface area contributed by atoms with E-state index < -0.39 is 29.0 Å². The third-order valence-electron chi connectivity index (χ3n) is 7.13. The Morgan fingerprint density at radius 1 is 1.16 bits per heavy atom. The highest BCUT2D eigenvalue weighted by atomic mass is 19.4. The Balaban J connectivity index is 1.58. The number of hydrogen-bond acceptors (Lipinski definition) is 6. The van der Waals surface area contributed by atoms with Gasteiger partial charge in [-0.15, -0.1) is 0 Å².